The van der Waals surface area contributed by atoms with E-state index in [2.05, 4.69) is 18.9 Å². The summed E-state index contributed by atoms with van der Waals surface area (Å²) in [6.07, 6.45) is 1.99. The lowest BCUT2D eigenvalue weighted by Gasteiger charge is -2.33. The van der Waals surface area contributed by atoms with Gasteiger partial charge >= 0.3 is 0 Å². The number of rotatable bonds is 5. The van der Waals surface area contributed by atoms with E-state index in [9.17, 15) is 9.59 Å². The Morgan fingerprint density at radius 2 is 1.78 bits per heavy atom. The number of carbonyl (C=O) groups excluding carboxylic acids is 2. The Kier molecular flexibility index (Phi) is 6.12. The van der Waals surface area contributed by atoms with Crippen LogP contribution in [0.25, 0.3) is 0 Å². The highest BCUT2D eigenvalue weighted by atomic mass is 16.2. The molecule has 0 spiro atoms. The highest BCUT2D eigenvalue weighted by molar-refractivity contribution is 5.83. The molecule has 0 aromatic carbocycles. The largest absolute Gasteiger partial charge is 0.339 e. The van der Waals surface area contributed by atoms with E-state index < -0.39 is 0 Å². The molecule has 0 aliphatic carbocycles. The monoisotopic (exact) mass is 255 g/mol. The van der Waals surface area contributed by atoms with Gasteiger partial charge in [0.2, 0.25) is 11.8 Å². The van der Waals surface area contributed by atoms with Crippen molar-refractivity contribution in [3.05, 3.63) is 0 Å². The van der Waals surface area contributed by atoms with Crippen molar-refractivity contribution in [1.82, 2.24) is 14.7 Å². The average Bonchev–Trinajstić information content (AvgIpc) is 2.34. The Hall–Kier alpha value is -1.10. The van der Waals surface area contributed by atoms with Crippen LogP contribution in [0.3, 0.4) is 0 Å². The van der Waals surface area contributed by atoms with E-state index in [1.807, 2.05) is 4.90 Å². The topological polar surface area (TPSA) is 43.9 Å². The second-order valence-electron chi connectivity index (χ2n) is 4.98. The summed E-state index contributed by atoms with van der Waals surface area (Å²) in [6.45, 7) is 7.92. The first kappa shape index (κ1) is 15.0. The van der Waals surface area contributed by atoms with E-state index in [0.29, 0.717) is 6.54 Å². The molecule has 0 aromatic rings. The SMILES string of the molecule is CCCCN(CC(=O)N1CCN(C)CC1)C(C)=O. The minimum absolute atomic E-state index is 0.00840. The van der Waals surface area contributed by atoms with Gasteiger partial charge in [-0.2, -0.15) is 0 Å². The molecule has 1 aliphatic rings. The molecule has 0 saturated carbocycles. The standard InChI is InChI=1S/C13H25N3O2/c1-4-5-6-16(12(2)17)11-13(18)15-9-7-14(3)8-10-15/h4-11H2,1-3H3. The normalized spacial score (nSPS) is 16.7. The van der Waals surface area contributed by atoms with Crippen molar-refractivity contribution in [3.8, 4) is 0 Å². The molecule has 18 heavy (non-hydrogen) atoms. The van der Waals surface area contributed by atoms with Crippen LogP contribution < -0.4 is 0 Å². The minimum atomic E-state index is -0.00840. The van der Waals surface area contributed by atoms with Gasteiger partial charge in [-0.3, -0.25) is 9.59 Å². The summed E-state index contributed by atoms with van der Waals surface area (Å²) in [5.74, 6) is 0.0698. The minimum Gasteiger partial charge on any atom is -0.339 e. The van der Waals surface area contributed by atoms with Crippen LogP contribution in [0.4, 0.5) is 0 Å². The molecular formula is C13H25N3O2. The zero-order valence-corrected chi connectivity index (χ0v) is 11.8. The van der Waals surface area contributed by atoms with Gasteiger partial charge in [0, 0.05) is 39.6 Å². The number of hydrogen-bond acceptors (Lipinski definition) is 3. The first-order chi connectivity index (χ1) is 8.54. The molecule has 5 heteroatoms. The summed E-state index contributed by atoms with van der Waals surface area (Å²) in [7, 11) is 2.06. The van der Waals surface area contributed by atoms with Gasteiger partial charge in [0.15, 0.2) is 0 Å². The highest BCUT2D eigenvalue weighted by Crippen LogP contribution is 2.03. The van der Waals surface area contributed by atoms with Gasteiger partial charge in [0.25, 0.3) is 0 Å². The van der Waals surface area contributed by atoms with Crippen LogP contribution in [0.1, 0.15) is 26.7 Å². The van der Waals surface area contributed by atoms with Crippen molar-refractivity contribution in [2.75, 3.05) is 46.3 Å². The van der Waals surface area contributed by atoms with Crippen LogP contribution in [-0.4, -0.2) is 72.8 Å². The van der Waals surface area contributed by atoms with Gasteiger partial charge in [-0.25, -0.2) is 0 Å². The van der Waals surface area contributed by atoms with Crippen LogP contribution in [0.5, 0.6) is 0 Å². The van der Waals surface area contributed by atoms with Crippen LogP contribution in [-0.2, 0) is 9.59 Å². The lowest BCUT2D eigenvalue weighted by Crippen LogP contribution is -2.50. The van der Waals surface area contributed by atoms with Crippen molar-refractivity contribution in [1.29, 1.82) is 0 Å². The summed E-state index contributed by atoms with van der Waals surface area (Å²) in [5, 5.41) is 0. The maximum Gasteiger partial charge on any atom is 0.242 e. The van der Waals surface area contributed by atoms with E-state index in [1.165, 1.54) is 6.92 Å². The predicted molar refractivity (Wildman–Crippen MR) is 71.2 cm³/mol. The molecule has 0 bridgehead atoms. The average molecular weight is 255 g/mol. The Labute approximate surface area is 110 Å². The highest BCUT2D eigenvalue weighted by Gasteiger charge is 2.21. The number of likely N-dealkylation sites (N-methyl/N-ethyl adjacent to an activating group) is 1. The summed E-state index contributed by atoms with van der Waals surface area (Å²) >= 11 is 0. The second kappa shape index (κ2) is 7.36. The maximum atomic E-state index is 12.1. The van der Waals surface area contributed by atoms with Gasteiger partial charge in [0.05, 0.1) is 6.54 Å². The third-order valence-corrected chi connectivity index (χ3v) is 3.41. The Bertz CT molecular complexity index is 286. The van der Waals surface area contributed by atoms with Gasteiger partial charge in [-0.05, 0) is 13.5 Å². The van der Waals surface area contributed by atoms with E-state index in [4.69, 9.17) is 0 Å². The molecule has 1 heterocycles. The molecule has 1 aliphatic heterocycles. The van der Waals surface area contributed by atoms with E-state index >= 15 is 0 Å². The summed E-state index contributed by atoms with van der Waals surface area (Å²) in [5.41, 5.74) is 0. The van der Waals surface area contributed by atoms with E-state index in [-0.39, 0.29) is 18.4 Å². The van der Waals surface area contributed by atoms with Gasteiger partial charge in [-0.1, -0.05) is 13.3 Å². The lowest BCUT2D eigenvalue weighted by molar-refractivity contribution is -0.140. The zero-order chi connectivity index (χ0) is 13.5. The lowest BCUT2D eigenvalue weighted by atomic mass is 10.3. The van der Waals surface area contributed by atoms with Crippen molar-refractivity contribution in [2.24, 2.45) is 0 Å². The molecule has 2 amide bonds. The Morgan fingerprint density at radius 1 is 1.17 bits per heavy atom. The summed E-state index contributed by atoms with van der Waals surface area (Å²) in [4.78, 5) is 29.3. The fourth-order valence-corrected chi connectivity index (χ4v) is 2.02. The second-order valence-corrected chi connectivity index (χ2v) is 4.98. The summed E-state index contributed by atoms with van der Waals surface area (Å²) < 4.78 is 0. The first-order valence-electron chi connectivity index (χ1n) is 6.76. The van der Waals surface area contributed by atoms with Gasteiger partial charge < -0.3 is 14.7 Å². The molecule has 1 fully saturated rings. The smallest absolute Gasteiger partial charge is 0.242 e. The fraction of sp³-hybridized carbons (Fsp3) is 0.846. The van der Waals surface area contributed by atoms with Crippen LogP contribution in [0.15, 0.2) is 0 Å². The number of hydrogen-bond donors (Lipinski definition) is 0. The van der Waals surface area contributed by atoms with E-state index in [1.54, 1.807) is 4.90 Å². The molecule has 0 atom stereocenters. The first-order valence-corrected chi connectivity index (χ1v) is 6.76. The number of carbonyl (C=O) groups is 2. The number of amides is 2. The maximum absolute atomic E-state index is 12.1. The molecule has 0 N–H and O–H groups in total. The Balaban J connectivity index is 2.42. The third kappa shape index (κ3) is 4.64. The molecule has 0 radical (unpaired) electrons. The predicted octanol–water partition coefficient (Wildman–Crippen LogP) is 0.409. The van der Waals surface area contributed by atoms with Crippen LogP contribution in [0, 0.1) is 0 Å². The van der Waals surface area contributed by atoms with Crippen molar-refractivity contribution >= 4 is 11.8 Å². The Morgan fingerprint density at radius 3 is 2.28 bits per heavy atom. The number of nitrogens with zero attached hydrogens (tertiary/aromatic N) is 3. The quantitative estimate of drug-likeness (QED) is 0.714. The van der Waals surface area contributed by atoms with Gasteiger partial charge in [0.1, 0.15) is 0 Å². The molecule has 1 rings (SSSR count). The van der Waals surface area contributed by atoms with Gasteiger partial charge in [-0.15, -0.1) is 0 Å². The zero-order valence-electron chi connectivity index (χ0n) is 11.8. The summed E-state index contributed by atoms with van der Waals surface area (Å²) in [6, 6.07) is 0. The van der Waals surface area contributed by atoms with Crippen molar-refractivity contribution < 1.29 is 9.59 Å². The molecule has 0 aromatic heterocycles. The third-order valence-electron chi connectivity index (χ3n) is 3.41. The van der Waals surface area contributed by atoms with Crippen LogP contribution in [0.2, 0.25) is 0 Å². The van der Waals surface area contributed by atoms with E-state index in [0.717, 1.165) is 39.0 Å². The van der Waals surface area contributed by atoms with Crippen molar-refractivity contribution in [3.63, 3.8) is 0 Å². The molecular weight excluding hydrogens is 230 g/mol. The molecule has 0 unspecified atom stereocenters. The number of unbranched alkanes of at least 4 members (excludes halogenated alkanes) is 1. The van der Waals surface area contributed by atoms with Crippen LogP contribution >= 0.6 is 0 Å². The molecule has 1 saturated heterocycles. The molecule has 104 valence electrons. The molecule has 5 nitrogen and oxygen atoms in total. The number of piperazine rings is 1. The van der Waals surface area contributed by atoms with Crippen molar-refractivity contribution in [2.45, 2.75) is 26.7 Å². The fourth-order valence-electron chi connectivity index (χ4n) is 2.02.